The zero-order valence-electron chi connectivity index (χ0n) is 15.8. The fourth-order valence-corrected chi connectivity index (χ4v) is 3.28. The van der Waals surface area contributed by atoms with E-state index < -0.39 is 0 Å². The molecule has 0 saturated carbocycles. The van der Waals surface area contributed by atoms with Crippen LogP contribution in [0.3, 0.4) is 0 Å². The molecule has 2 unspecified atom stereocenters. The van der Waals surface area contributed by atoms with Gasteiger partial charge in [-0.1, -0.05) is 44.9 Å². The summed E-state index contributed by atoms with van der Waals surface area (Å²) in [5.41, 5.74) is 0.825. The molecule has 0 rings (SSSR count). The fraction of sp³-hybridized carbons (Fsp3) is 0.737. The van der Waals surface area contributed by atoms with Gasteiger partial charge in [-0.05, 0) is 47.0 Å². The minimum Gasteiger partial charge on any atom is -0.355 e. The average molecular weight is 343 g/mol. The maximum Gasteiger partial charge on any atom is 0.102 e. The third-order valence-electron chi connectivity index (χ3n) is 3.97. The fourth-order valence-electron chi connectivity index (χ4n) is 2.98. The highest BCUT2D eigenvalue weighted by Gasteiger charge is 2.20. The van der Waals surface area contributed by atoms with Crippen molar-refractivity contribution in [3.63, 3.8) is 0 Å². The van der Waals surface area contributed by atoms with Crippen molar-refractivity contribution < 1.29 is 3.89 Å². The number of hydrogen-bond donors (Lipinski definition) is 0. The normalized spacial score (nSPS) is 16.0. The lowest BCUT2D eigenvalue weighted by molar-refractivity contribution is 0.237. The lowest BCUT2D eigenvalue weighted by Gasteiger charge is -2.36. The summed E-state index contributed by atoms with van der Waals surface area (Å²) in [4.78, 5) is 7.17. The van der Waals surface area contributed by atoms with Crippen molar-refractivity contribution in [2.24, 2.45) is 4.99 Å². The van der Waals surface area contributed by atoms with Crippen LogP contribution in [0.1, 0.15) is 73.6 Å². The molecule has 0 N–H and O–H groups in total. The Morgan fingerprint density at radius 1 is 1.17 bits per heavy atom. The Kier molecular flexibility index (Phi) is 13.2. The van der Waals surface area contributed by atoms with E-state index in [1.54, 1.807) is 0 Å². The largest absolute Gasteiger partial charge is 0.355 e. The highest BCUT2D eigenvalue weighted by molar-refractivity contribution is 7.94. The first-order chi connectivity index (χ1) is 11.0. The first kappa shape index (κ1) is 22.2. The Hall–Kier alpha value is -0.770. The van der Waals surface area contributed by atoms with Gasteiger partial charge < -0.3 is 4.90 Å². The quantitative estimate of drug-likeness (QED) is 0.240. The van der Waals surface area contributed by atoms with Gasteiger partial charge in [0.25, 0.3) is 0 Å². The van der Waals surface area contributed by atoms with Gasteiger partial charge in [0, 0.05) is 12.1 Å². The lowest BCUT2D eigenvalue weighted by Crippen LogP contribution is -2.43. The Morgan fingerprint density at radius 2 is 1.74 bits per heavy atom. The molecule has 0 aromatic rings. The highest BCUT2D eigenvalue weighted by Crippen LogP contribution is 2.18. The van der Waals surface area contributed by atoms with E-state index in [1.165, 1.54) is 0 Å². The number of halogens is 1. The Balaban J connectivity index is 5.33. The van der Waals surface area contributed by atoms with Crippen LogP contribution in [-0.4, -0.2) is 28.6 Å². The average Bonchev–Trinajstić information content (AvgIpc) is 2.48. The molecule has 0 fully saturated rings. The van der Waals surface area contributed by atoms with Crippen LogP contribution >= 0.6 is 12.1 Å². The van der Waals surface area contributed by atoms with Crippen molar-refractivity contribution in [1.29, 1.82) is 0 Å². The second kappa shape index (κ2) is 13.6. The minimum atomic E-state index is 0.313. The number of allylic oxidation sites excluding steroid dienone is 3. The SMILES string of the molecule is C/C=C/C/C=C(CSF)\N=C(/C)N(C(C)CCC)C(C)CCC. The van der Waals surface area contributed by atoms with E-state index in [-0.39, 0.29) is 0 Å². The van der Waals surface area contributed by atoms with Crippen LogP contribution in [0, 0.1) is 0 Å². The minimum absolute atomic E-state index is 0.313. The molecule has 0 aromatic carbocycles. The van der Waals surface area contributed by atoms with Gasteiger partial charge in [-0.25, -0.2) is 4.99 Å². The monoisotopic (exact) mass is 342 g/mol. The van der Waals surface area contributed by atoms with E-state index >= 15 is 0 Å². The van der Waals surface area contributed by atoms with Crippen LogP contribution in [0.25, 0.3) is 0 Å². The molecular weight excluding hydrogens is 307 g/mol. The van der Waals surface area contributed by atoms with E-state index in [2.05, 4.69) is 45.6 Å². The summed E-state index contributed by atoms with van der Waals surface area (Å²) < 4.78 is 12.7. The molecule has 0 heterocycles. The molecular formula is C19H35FN2S. The zero-order valence-corrected chi connectivity index (χ0v) is 16.6. The van der Waals surface area contributed by atoms with Gasteiger partial charge in [-0.15, -0.1) is 0 Å². The molecule has 0 aliphatic carbocycles. The first-order valence-electron chi connectivity index (χ1n) is 8.89. The maximum atomic E-state index is 12.7. The highest BCUT2D eigenvalue weighted by atomic mass is 32.2. The van der Waals surface area contributed by atoms with E-state index in [9.17, 15) is 3.89 Å². The third-order valence-corrected chi connectivity index (χ3v) is 4.37. The smallest absolute Gasteiger partial charge is 0.102 e. The molecule has 0 saturated heterocycles. The molecule has 0 bridgehead atoms. The number of nitrogens with zero attached hydrogens (tertiary/aromatic N) is 2. The van der Waals surface area contributed by atoms with E-state index in [0.717, 1.165) is 43.6 Å². The number of aliphatic imine (C=N–C) groups is 1. The number of hydrogen-bond acceptors (Lipinski definition) is 2. The van der Waals surface area contributed by atoms with Gasteiger partial charge in [-0.2, -0.15) is 3.89 Å². The molecule has 0 aromatic heterocycles. The van der Waals surface area contributed by atoms with Gasteiger partial charge in [0.1, 0.15) is 5.84 Å². The second-order valence-electron chi connectivity index (χ2n) is 6.10. The van der Waals surface area contributed by atoms with Gasteiger partial charge in [0.15, 0.2) is 0 Å². The summed E-state index contributed by atoms with van der Waals surface area (Å²) in [5.74, 6) is 1.32. The zero-order chi connectivity index (χ0) is 17.7. The van der Waals surface area contributed by atoms with Gasteiger partial charge in [0.05, 0.1) is 23.6 Å². The van der Waals surface area contributed by atoms with Crippen LogP contribution in [-0.2, 0) is 0 Å². The van der Waals surface area contributed by atoms with Crippen LogP contribution in [0.4, 0.5) is 3.89 Å². The van der Waals surface area contributed by atoms with Gasteiger partial charge >= 0.3 is 0 Å². The Labute approximate surface area is 147 Å². The summed E-state index contributed by atoms with van der Waals surface area (Å²) in [5, 5.41) is 0. The van der Waals surface area contributed by atoms with Crippen molar-refractivity contribution in [2.75, 3.05) is 5.75 Å². The van der Waals surface area contributed by atoms with E-state index in [1.807, 2.05) is 19.1 Å². The van der Waals surface area contributed by atoms with Crippen LogP contribution in [0.15, 0.2) is 28.9 Å². The predicted octanol–water partition coefficient (Wildman–Crippen LogP) is 6.55. The lowest BCUT2D eigenvalue weighted by atomic mass is 10.1. The molecule has 23 heavy (non-hydrogen) atoms. The Morgan fingerprint density at radius 3 is 2.17 bits per heavy atom. The number of rotatable bonds is 11. The molecule has 0 amide bonds. The standard InChI is InChI=1S/C19H35FN2S/c1-7-10-11-14-19(15-23-20)21-18(6)22(16(4)12-8-2)17(5)13-9-3/h7,10,14,16-17H,8-9,11-13,15H2,1-6H3/b10-7+,19-14-,21-18+. The predicted molar refractivity (Wildman–Crippen MR) is 105 cm³/mol. The third kappa shape index (κ3) is 9.19. The van der Waals surface area contributed by atoms with Crippen LogP contribution in [0.5, 0.6) is 0 Å². The molecule has 0 aliphatic heterocycles. The Bertz CT molecular complexity index is 379. The summed E-state index contributed by atoms with van der Waals surface area (Å²) >= 11 is 0.341. The van der Waals surface area contributed by atoms with E-state index in [0.29, 0.717) is 30.0 Å². The summed E-state index contributed by atoms with van der Waals surface area (Å²) in [6.07, 6.45) is 11.5. The van der Waals surface area contributed by atoms with Crippen molar-refractivity contribution in [2.45, 2.75) is 85.7 Å². The van der Waals surface area contributed by atoms with Crippen LogP contribution in [0.2, 0.25) is 0 Å². The van der Waals surface area contributed by atoms with E-state index in [4.69, 9.17) is 4.99 Å². The van der Waals surface area contributed by atoms with Gasteiger partial charge in [0.2, 0.25) is 0 Å². The molecule has 0 radical (unpaired) electrons. The van der Waals surface area contributed by atoms with Gasteiger partial charge in [-0.3, -0.25) is 0 Å². The molecule has 0 spiro atoms. The summed E-state index contributed by atoms with van der Waals surface area (Å²) in [6, 6.07) is 0.917. The molecule has 2 nitrogen and oxygen atoms in total. The molecule has 2 atom stereocenters. The number of amidine groups is 1. The molecule has 134 valence electrons. The van der Waals surface area contributed by atoms with Crippen molar-refractivity contribution >= 4 is 18.0 Å². The molecule has 0 aliphatic rings. The van der Waals surface area contributed by atoms with Crippen molar-refractivity contribution in [3.05, 3.63) is 23.9 Å². The maximum absolute atomic E-state index is 12.7. The molecule has 4 heteroatoms. The van der Waals surface area contributed by atoms with Crippen molar-refractivity contribution in [1.82, 2.24) is 4.90 Å². The first-order valence-corrected chi connectivity index (χ1v) is 9.77. The summed E-state index contributed by atoms with van der Waals surface area (Å²) in [6.45, 7) is 13.0. The topological polar surface area (TPSA) is 15.6 Å². The van der Waals surface area contributed by atoms with Crippen LogP contribution < -0.4 is 0 Å². The van der Waals surface area contributed by atoms with Crippen molar-refractivity contribution in [3.8, 4) is 0 Å². The summed E-state index contributed by atoms with van der Waals surface area (Å²) in [7, 11) is 0. The second-order valence-corrected chi connectivity index (χ2v) is 6.60.